The van der Waals surface area contributed by atoms with Gasteiger partial charge in [0.25, 0.3) is 0 Å². The smallest absolute Gasteiger partial charge is 0.225 e. The van der Waals surface area contributed by atoms with E-state index in [1.165, 1.54) is 0 Å². The molecular formula is C13H12F5NO2. The normalized spacial score (nSPS) is 18.6. The van der Waals surface area contributed by atoms with E-state index < -0.39 is 53.0 Å². The molecule has 0 unspecified atom stereocenters. The van der Waals surface area contributed by atoms with Gasteiger partial charge in [-0.1, -0.05) is 0 Å². The molecule has 1 heterocycles. The Balaban J connectivity index is 2.11. The predicted molar refractivity (Wildman–Crippen MR) is 61.6 cm³/mol. The lowest BCUT2D eigenvalue weighted by Crippen LogP contribution is -2.35. The summed E-state index contributed by atoms with van der Waals surface area (Å²) in [5, 5.41) is 2.17. The Labute approximate surface area is 117 Å². The van der Waals surface area contributed by atoms with E-state index in [2.05, 4.69) is 5.32 Å². The van der Waals surface area contributed by atoms with Crippen LogP contribution in [0.5, 0.6) is 0 Å². The molecule has 1 N–H and O–H groups in total. The Morgan fingerprint density at radius 1 is 1.05 bits per heavy atom. The van der Waals surface area contributed by atoms with Gasteiger partial charge in [-0.15, -0.1) is 0 Å². The summed E-state index contributed by atoms with van der Waals surface area (Å²) in [6, 6.07) is 0. The molecule has 1 aliphatic heterocycles. The molecule has 8 heteroatoms. The second-order valence-corrected chi connectivity index (χ2v) is 4.68. The maximum Gasteiger partial charge on any atom is 0.225 e. The van der Waals surface area contributed by atoms with Crippen LogP contribution in [0.1, 0.15) is 18.4 Å². The number of hydrogen-bond acceptors (Lipinski definition) is 2. The zero-order valence-corrected chi connectivity index (χ0v) is 10.8. The van der Waals surface area contributed by atoms with Gasteiger partial charge in [-0.25, -0.2) is 22.0 Å². The number of rotatable bonds is 3. The highest BCUT2D eigenvalue weighted by Gasteiger charge is 2.27. The van der Waals surface area contributed by atoms with E-state index in [1.54, 1.807) is 0 Å². The summed E-state index contributed by atoms with van der Waals surface area (Å²) < 4.78 is 70.7. The summed E-state index contributed by atoms with van der Waals surface area (Å²) in [6.07, 6.45) is 1.21. The largest absolute Gasteiger partial charge is 0.381 e. The molecule has 1 atom stereocenters. The summed E-state index contributed by atoms with van der Waals surface area (Å²) in [4.78, 5) is 11.7. The zero-order valence-electron chi connectivity index (χ0n) is 10.8. The molecule has 1 aliphatic rings. The molecule has 1 saturated heterocycles. The van der Waals surface area contributed by atoms with Gasteiger partial charge >= 0.3 is 0 Å². The van der Waals surface area contributed by atoms with E-state index in [1.807, 2.05) is 0 Å². The van der Waals surface area contributed by atoms with E-state index in [0.29, 0.717) is 19.4 Å². The number of carbonyl (C=O) groups excluding carboxylic acids is 1. The van der Waals surface area contributed by atoms with E-state index in [4.69, 9.17) is 4.74 Å². The van der Waals surface area contributed by atoms with Crippen LogP contribution < -0.4 is 5.32 Å². The molecule has 21 heavy (non-hydrogen) atoms. The highest BCUT2D eigenvalue weighted by atomic mass is 19.2. The SMILES string of the molecule is O=C(NCc1c(F)c(F)c(F)c(F)c1F)[C@@H]1CCCOC1. The topological polar surface area (TPSA) is 38.3 Å². The average molecular weight is 309 g/mol. The highest BCUT2D eigenvalue weighted by molar-refractivity contribution is 5.78. The standard InChI is InChI=1S/C13H12F5NO2/c14-8-7(9(15)11(17)12(18)10(8)16)4-19-13(20)6-2-1-3-21-5-6/h6H,1-5H2,(H,19,20)/t6-/m1/s1. The van der Waals surface area contributed by atoms with Gasteiger partial charge in [-0.2, -0.15) is 0 Å². The van der Waals surface area contributed by atoms with Crippen LogP contribution in [0, 0.1) is 35.0 Å². The molecule has 3 nitrogen and oxygen atoms in total. The second-order valence-electron chi connectivity index (χ2n) is 4.68. The third-order valence-electron chi connectivity index (χ3n) is 3.27. The summed E-state index contributed by atoms with van der Waals surface area (Å²) in [7, 11) is 0. The van der Waals surface area contributed by atoms with Crippen LogP contribution in [0.3, 0.4) is 0 Å². The first kappa shape index (κ1) is 15.7. The van der Waals surface area contributed by atoms with Crippen molar-refractivity contribution in [1.82, 2.24) is 5.32 Å². The number of nitrogens with one attached hydrogen (secondary N) is 1. The van der Waals surface area contributed by atoms with Crippen molar-refractivity contribution in [1.29, 1.82) is 0 Å². The van der Waals surface area contributed by atoms with Gasteiger partial charge in [0.2, 0.25) is 11.7 Å². The maximum atomic E-state index is 13.4. The van der Waals surface area contributed by atoms with E-state index >= 15 is 0 Å². The maximum absolute atomic E-state index is 13.4. The molecule has 1 aromatic rings. The summed E-state index contributed by atoms with van der Waals surface area (Å²) in [5.41, 5.74) is -1.06. The van der Waals surface area contributed by atoms with Gasteiger partial charge in [-0.05, 0) is 12.8 Å². The molecule has 0 saturated carbocycles. The van der Waals surface area contributed by atoms with Crippen LogP contribution in [0.2, 0.25) is 0 Å². The minimum Gasteiger partial charge on any atom is -0.381 e. The monoisotopic (exact) mass is 309 g/mol. The molecule has 0 bridgehead atoms. The van der Waals surface area contributed by atoms with Crippen LogP contribution in [-0.4, -0.2) is 19.1 Å². The number of hydrogen-bond donors (Lipinski definition) is 1. The lowest BCUT2D eigenvalue weighted by Gasteiger charge is -2.21. The van der Waals surface area contributed by atoms with Crippen molar-refractivity contribution in [3.8, 4) is 0 Å². The van der Waals surface area contributed by atoms with Crippen LogP contribution in [0.25, 0.3) is 0 Å². The van der Waals surface area contributed by atoms with Crippen LogP contribution in [0.15, 0.2) is 0 Å². The molecule has 0 aliphatic carbocycles. The zero-order chi connectivity index (χ0) is 15.6. The third-order valence-corrected chi connectivity index (χ3v) is 3.27. The summed E-state index contributed by atoms with van der Waals surface area (Å²) in [6.45, 7) is -0.0779. The number of halogens is 5. The molecule has 116 valence electrons. The predicted octanol–water partition coefficient (Wildman–Crippen LogP) is 2.42. The third kappa shape index (κ3) is 3.15. The molecule has 0 spiro atoms. The molecule has 1 aromatic carbocycles. The van der Waals surface area contributed by atoms with Crippen molar-refractivity contribution in [2.45, 2.75) is 19.4 Å². The van der Waals surface area contributed by atoms with Gasteiger partial charge in [0.1, 0.15) is 0 Å². The first-order chi connectivity index (χ1) is 9.93. The fraction of sp³-hybridized carbons (Fsp3) is 0.462. The second kappa shape index (κ2) is 6.38. The fourth-order valence-electron chi connectivity index (χ4n) is 2.07. The molecule has 0 radical (unpaired) electrons. The van der Waals surface area contributed by atoms with Gasteiger partial charge in [0, 0.05) is 18.7 Å². The van der Waals surface area contributed by atoms with Crippen molar-refractivity contribution >= 4 is 5.91 Å². The lowest BCUT2D eigenvalue weighted by atomic mass is 10.0. The van der Waals surface area contributed by atoms with Crippen LogP contribution >= 0.6 is 0 Å². The van der Waals surface area contributed by atoms with E-state index in [0.717, 1.165) is 0 Å². The Bertz CT molecular complexity index is 529. The van der Waals surface area contributed by atoms with Crippen LogP contribution in [0.4, 0.5) is 22.0 Å². The Morgan fingerprint density at radius 3 is 2.14 bits per heavy atom. The van der Waals surface area contributed by atoms with Gasteiger partial charge in [0.15, 0.2) is 23.3 Å². The average Bonchev–Trinajstić information content (AvgIpc) is 2.51. The highest BCUT2D eigenvalue weighted by Crippen LogP contribution is 2.23. The summed E-state index contributed by atoms with van der Waals surface area (Å²) >= 11 is 0. The fourth-order valence-corrected chi connectivity index (χ4v) is 2.07. The summed E-state index contributed by atoms with van der Waals surface area (Å²) in [5.74, 6) is -11.2. The molecule has 2 rings (SSSR count). The van der Waals surface area contributed by atoms with Gasteiger partial charge < -0.3 is 10.1 Å². The number of carbonyl (C=O) groups is 1. The van der Waals surface area contributed by atoms with Crippen molar-refractivity contribution in [3.63, 3.8) is 0 Å². The Morgan fingerprint density at radius 2 is 1.62 bits per heavy atom. The quantitative estimate of drug-likeness (QED) is 0.529. The molecule has 1 fully saturated rings. The minimum atomic E-state index is -2.22. The molecule has 0 aromatic heterocycles. The molecular weight excluding hydrogens is 297 g/mol. The van der Waals surface area contributed by atoms with Crippen molar-refractivity contribution in [2.24, 2.45) is 5.92 Å². The van der Waals surface area contributed by atoms with E-state index in [9.17, 15) is 26.7 Å². The van der Waals surface area contributed by atoms with Gasteiger partial charge in [0.05, 0.1) is 12.5 Å². The number of benzene rings is 1. The Hall–Kier alpha value is -1.70. The molecule has 1 amide bonds. The van der Waals surface area contributed by atoms with E-state index in [-0.39, 0.29) is 6.61 Å². The van der Waals surface area contributed by atoms with Crippen molar-refractivity contribution in [2.75, 3.05) is 13.2 Å². The number of amides is 1. The number of ether oxygens (including phenoxy) is 1. The first-order valence-electron chi connectivity index (χ1n) is 6.29. The van der Waals surface area contributed by atoms with Crippen LogP contribution in [-0.2, 0) is 16.1 Å². The first-order valence-corrected chi connectivity index (χ1v) is 6.29. The van der Waals surface area contributed by atoms with Crippen molar-refractivity contribution in [3.05, 3.63) is 34.6 Å². The van der Waals surface area contributed by atoms with Gasteiger partial charge in [-0.3, -0.25) is 4.79 Å². The lowest BCUT2D eigenvalue weighted by molar-refractivity contribution is -0.129. The minimum absolute atomic E-state index is 0.170. The Kier molecular flexibility index (Phi) is 4.76. The van der Waals surface area contributed by atoms with Crippen molar-refractivity contribution < 1.29 is 31.5 Å².